The lowest BCUT2D eigenvalue weighted by Crippen LogP contribution is -2.43. The molecule has 6 heteroatoms. The molecule has 2 saturated carbocycles. The number of amides is 1. The molecule has 0 unspecified atom stereocenters. The van der Waals surface area contributed by atoms with Crippen molar-refractivity contribution in [1.82, 2.24) is 4.98 Å². The Morgan fingerprint density at radius 3 is 2.65 bits per heavy atom. The standard InChI is InChI=1S/C20H22N2O3S/c1-10-3-4-11(2)14(7-10)15-9-26-20(21-15)22-18(23)16-12-5-6-13(8-12)17(16)19(24)25/h3-4,7,9,12-13,16-17H,5-6,8H2,1-2H3,(H,24,25)(H,21,22,23)/p-1/t12-,13+,16+,17+/m1/s1. The third-order valence-corrected chi connectivity index (χ3v) is 6.65. The zero-order valence-corrected chi connectivity index (χ0v) is 15.6. The predicted octanol–water partition coefficient (Wildman–Crippen LogP) is 2.78. The topological polar surface area (TPSA) is 82.1 Å². The number of carboxylic acids is 1. The summed E-state index contributed by atoms with van der Waals surface area (Å²) in [7, 11) is 0. The number of aryl methyl sites for hydroxylation is 2. The first-order chi connectivity index (χ1) is 12.4. The lowest BCUT2D eigenvalue weighted by molar-refractivity contribution is -0.314. The number of anilines is 1. The van der Waals surface area contributed by atoms with Crippen molar-refractivity contribution in [2.45, 2.75) is 33.1 Å². The number of aromatic nitrogens is 1. The fourth-order valence-corrected chi connectivity index (χ4v) is 5.38. The second kappa shape index (κ2) is 6.50. The lowest BCUT2D eigenvalue weighted by Gasteiger charge is -2.30. The summed E-state index contributed by atoms with van der Waals surface area (Å²) in [4.78, 5) is 28.8. The van der Waals surface area contributed by atoms with Gasteiger partial charge >= 0.3 is 0 Å². The monoisotopic (exact) mass is 369 g/mol. The van der Waals surface area contributed by atoms with Crippen LogP contribution in [0.15, 0.2) is 23.6 Å². The Morgan fingerprint density at radius 2 is 1.92 bits per heavy atom. The summed E-state index contributed by atoms with van der Waals surface area (Å²) >= 11 is 1.37. The lowest BCUT2D eigenvalue weighted by atomic mass is 9.79. The Bertz CT molecular complexity index is 876. The molecule has 0 saturated heterocycles. The van der Waals surface area contributed by atoms with Crippen LogP contribution in [-0.2, 0) is 9.59 Å². The molecule has 1 aromatic carbocycles. The van der Waals surface area contributed by atoms with Gasteiger partial charge in [0.05, 0.1) is 5.69 Å². The number of fused-ring (bicyclic) bond motifs is 2. The number of carboxylic acid groups (broad SMARTS) is 1. The van der Waals surface area contributed by atoms with Crippen LogP contribution in [0.5, 0.6) is 0 Å². The first kappa shape index (κ1) is 17.2. The molecule has 0 spiro atoms. The van der Waals surface area contributed by atoms with E-state index in [2.05, 4.69) is 28.5 Å². The van der Waals surface area contributed by atoms with Crippen LogP contribution >= 0.6 is 11.3 Å². The van der Waals surface area contributed by atoms with Crippen LogP contribution in [0.3, 0.4) is 0 Å². The van der Waals surface area contributed by atoms with Gasteiger partial charge < -0.3 is 15.2 Å². The molecule has 5 nitrogen and oxygen atoms in total. The number of aliphatic carboxylic acids is 1. The molecule has 2 aromatic rings. The number of nitrogens with zero attached hydrogens (tertiary/aromatic N) is 1. The maximum absolute atomic E-state index is 12.8. The Morgan fingerprint density at radius 1 is 1.19 bits per heavy atom. The van der Waals surface area contributed by atoms with Crippen molar-refractivity contribution in [1.29, 1.82) is 0 Å². The highest BCUT2D eigenvalue weighted by Crippen LogP contribution is 2.52. The van der Waals surface area contributed by atoms with E-state index in [9.17, 15) is 14.7 Å². The molecule has 0 radical (unpaired) electrons. The minimum absolute atomic E-state index is 0.0857. The molecule has 4 atom stereocenters. The van der Waals surface area contributed by atoms with E-state index in [4.69, 9.17) is 0 Å². The summed E-state index contributed by atoms with van der Waals surface area (Å²) in [6.45, 7) is 4.07. The van der Waals surface area contributed by atoms with Gasteiger partial charge in [0.2, 0.25) is 5.91 Å². The Kier molecular flexibility index (Phi) is 4.31. The number of rotatable bonds is 4. The SMILES string of the molecule is Cc1ccc(C)c(-c2csc(NC(=O)[C@H]3[C@@H]4CC[C@@H](C4)[C@@H]3C(=O)[O-])n2)c1. The largest absolute Gasteiger partial charge is 0.550 e. The van der Waals surface area contributed by atoms with E-state index in [0.717, 1.165) is 41.6 Å². The first-order valence-corrected chi connectivity index (χ1v) is 9.87. The van der Waals surface area contributed by atoms with Gasteiger partial charge in [0.25, 0.3) is 0 Å². The highest BCUT2D eigenvalue weighted by atomic mass is 32.1. The van der Waals surface area contributed by atoms with Crippen LogP contribution in [0.1, 0.15) is 30.4 Å². The average molecular weight is 369 g/mol. The number of hydrogen-bond donors (Lipinski definition) is 1. The predicted molar refractivity (Wildman–Crippen MR) is 98.5 cm³/mol. The zero-order valence-electron chi connectivity index (χ0n) is 14.8. The molecule has 1 amide bonds. The molecule has 2 aliphatic rings. The van der Waals surface area contributed by atoms with Crippen molar-refractivity contribution in [2.75, 3.05) is 5.32 Å². The molecule has 2 aliphatic carbocycles. The van der Waals surface area contributed by atoms with Crippen LogP contribution in [0.4, 0.5) is 5.13 Å². The quantitative estimate of drug-likeness (QED) is 0.898. The first-order valence-electron chi connectivity index (χ1n) is 8.99. The fraction of sp³-hybridized carbons (Fsp3) is 0.450. The number of carbonyl (C=O) groups excluding carboxylic acids is 2. The summed E-state index contributed by atoms with van der Waals surface area (Å²) in [5.41, 5.74) is 4.16. The fourth-order valence-electron chi connectivity index (χ4n) is 4.66. The van der Waals surface area contributed by atoms with E-state index >= 15 is 0 Å². The second-order valence-electron chi connectivity index (χ2n) is 7.55. The van der Waals surface area contributed by atoms with E-state index in [-0.39, 0.29) is 17.7 Å². The summed E-state index contributed by atoms with van der Waals surface area (Å²) in [6, 6.07) is 6.20. The molecule has 26 heavy (non-hydrogen) atoms. The molecule has 1 heterocycles. The molecular formula is C20H21N2O3S-. The van der Waals surface area contributed by atoms with E-state index in [1.165, 1.54) is 11.3 Å². The van der Waals surface area contributed by atoms with Gasteiger partial charge in [-0.05, 0) is 56.6 Å². The molecule has 2 bridgehead atoms. The van der Waals surface area contributed by atoms with E-state index in [0.29, 0.717) is 5.13 Å². The maximum Gasteiger partial charge on any atom is 0.230 e. The van der Waals surface area contributed by atoms with Gasteiger partial charge in [-0.1, -0.05) is 17.7 Å². The summed E-state index contributed by atoms with van der Waals surface area (Å²) in [5, 5.41) is 16.8. The molecule has 2 fully saturated rings. The molecular weight excluding hydrogens is 348 g/mol. The highest BCUT2D eigenvalue weighted by Gasteiger charge is 2.51. The van der Waals surface area contributed by atoms with Crippen LogP contribution < -0.4 is 10.4 Å². The van der Waals surface area contributed by atoms with Crippen LogP contribution in [0.25, 0.3) is 11.3 Å². The summed E-state index contributed by atoms with van der Waals surface area (Å²) in [6.07, 6.45) is 2.64. The van der Waals surface area contributed by atoms with Crippen molar-refractivity contribution in [3.05, 3.63) is 34.7 Å². The molecule has 1 aromatic heterocycles. The number of thiazole rings is 1. The molecule has 4 rings (SSSR count). The van der Waals surface area contributed by atoms with Crippen molar-refractivity contribution < 1.29 is 14.7 Å². The molecule has 1 N–H and O–H groups in total. The van der Waals surface area contributed by atoms with Gasteiger partial charge in [0.15, 0.2) is 5.13 Å². The normalized spacial score (nSPS) is 26.8. The van der Waals surface area contributed by atoms with Crippen molar-refractivity contribution in [3.63, 3.8) is 0 Å². The summed E-state index contributed by atoms with van der Waals surface area (Å²) < 4.78 is 0. The van der Waals surface area contributed by atoms with E-state index in [1.54, 1.807) is 0 Å². The minimum Gasteiger partial charge on any atom is -0.550 e. The minimum atomic E-state index is -1.09. The van der Waals surface area contributed by atoms with Crippen molar-refractivity contribution in [2.24, 2.45) is 23.7 Å². The number of benzene rings is 1. The number of nitrogens with one attached hydrogen (secondary N) is 1. The Hall–Kier alpha value is -2.21. The van der Waals surface area contributed by atoms with Crippen molar-refractivity contribution >= 4 is 28.3 Å². The van der Waals surface area contributed by atoms with Gasteiger partial charge in [0, 0.05) is 28.7 Å². The Labute approximate surface area is 156 Å². The van der Waals surface area contributed by atoms with Crippen molar-refractivity contribution in [3.8, 4) is 11.3 Å². The summed E-state index contributed by atoms with van der Waals surface area (Å²) in [5.74, 6) is -2.23. The van der Waals surface area contributed by atoms with Crippen LogP contribution in [-0.4, -0.2) is 16.9 Å². The van der Waals surface area contributed by atoms with Gasteiger partial charge in [-0.15, -0.1) is 11.3 Å². The number of carbonyl (C=O) groups is 2. The second-order valence-corrected chi connectivity index (χ2v) is 8.41. The average Bonchev–Trinajstić information content (AvgIpc) is 3.32. The zero-order chi connectivity index (χ0) is 18.4. The smallest absolute Gasteiger partial charge is 0.230 e. The van der Waals surface area contributed by atoms with Gasteiger partial charge in [0.1, 0.15) is 0 Å². The van der Waals surface area contributed by atoms with Gasteiger partial charge in [-0.25, -0.2) is 4.98 Å². The highest BCUT2D eigenvalue weighted by molar-refractivity contribution is 7.14. The van der Waals surface area contributed by atoms with Gasteiger partial charge in [-0.3, -0.25) is 4.79 Å². The third-order valence-electron chi connectivity index (χ3n) is 5.89. The van der Waals surface area contributed by atoms with Gasteiger partial charge in [-0.2, -0.15) is 0 Å². The maximum atomic E-state index is 12.8. The third kappa shape index (κ3) is 2.92. The molecule has 0 aliphatic heterocycles. The van der Waals surface area contributed by atoms with Crippen LogP contribution in [0.2, 0.25) is 0 Å². The van der Waals surface area contributed by atoms with Crippen LogP contribution in [0, 0.1) is 37.5 Å². The number of hydrogen-bond acceptors (Lipinski definition) is 5. The van der Waals surface area contributed by atoms with E-state index in [1.807, 2.05) is 19.2 Å². The van der Waals surface area contributed by atoms with E-state index < -0.39 is 17.8 Å². The Balaban J connectivity index is 1.53. The molecule has 136 valence electrons.